The fourth-order valence-electron chi connectivity index (χ4n) is 3.72. The molecule has 5 rings (SSSR count). The number of ether oxygens (including phenoxy) is 1. The number of hydrogen-bond donors (Lipinski definition) is 2. The minimum absolute atomic E-state index is 0.140. The van der Waals surface area contributed by atoms with E-state index in [4.69, 9.17) is 20.4 Å². The molecule has 158 valence electrons. The zero-order valence-electron chi connectivity index (χ0n) is 17.0. The Morgan fingerprint density at radius 3 is 2.71 bits per heavy atom. The highest BCUT2D eigenvalue weighted by Gasteiger charge is 2.20. The number of nitrogens with zero attached hydrogens (tertiary/aromatic N) is 4. The van der Waals surface area contributed by atoms with E-state index in [1.54, 1.807) is 23.6 Å². The Morgan fingerprint density at radius 1 is 1.06 bits per heavy atom. The van der Waals surface area contributed by atoms with Crippen LogP contribution in [0, 0.1) is 0 Å². The van der Waals surface area contributed by atoms with Gasteiger partial charge in [-0.2, -0.15) is 0 Å². The van der Waals surface area contributed by atoms with Gasteiger partial charge < -0.3 is 20.5 Å². The van der Waals surface area contributed by atoms with Crippen LogP contribution in [-0.4, -0.2) is 53.0 Å². The highest BCUT2D eigenvalue weighted by molar-refractivity contribution is 7.22. The van der Waals surface area contributed by atoms with Crippen molar-refractivity contribution in [2.75, 3.05) is 43.5 Å². The molecule has 1 aliphatic heterocycles. The second kappa shape index (κ2) is 8.58. The van der Waals surface area contributed by atoms with Gasteiger partial charge in [-0.25, -0.2) is 15.0 Å². The maximum Gasteiger partial charge on any atom is 0.163 e. The number of fused-ring (bicyclic) bond motifs is 1. The number of aliphatic hydroxyl groups excluding tert-OH is 1. The average Bonchev–Trinajstić information content (AvgIpc) is 3.24. The number of pyridine rings is 1. The van der Waals surface area contributed by atoms with Crippen molar-refractivity contribution in [1.82, 2.24) is 15.0 Å². The number of aromatic nitrogens is 3. The molecule has 31 heavy (non-hydrogen) atoms. The van der Waals surface area contributed by atoms with E-state index in [9.17, 15) is 5.11 Å². The topological polar surface area (TPSA) is 97.4 Å². The number of hydrogen-bond acceptors (Lipinski definition) is 8. The highest BCUT2D eigenvalue weighted by Crippen LogP contribution is 2.39. The normalized spacial score (nSPS) is 14.3. The van der Waals surface area contributed by atoms with Crippen molar-refractivity contribution in [2.24, 2.45) is 0 Å². The zero-order chi connectivity index (χ0) is 21.2. The van der Waals surface area contributed by atoms with Gasteiger partial charge in [0.25, 0.3) is 0 Å². The summed E-state index contributed by atoms with van der Waals surface area (Å²) in [6.45, 7) is 3.11. The Morgan fingerprint density at radius 2 is 1.94 bits per heavy atom. The quantitative estimate of drug-likeness (QED) is 0.498. The summed E-state index contributed by atoms with van der Waals surface area (Å²) in [6, 6.07) is 14.1. The SMILES string of the molecule is Nc1ccc(-c2nc(N3CCOCC3)c3sc(-c4cccc(CCO)c4)cc3n2)cn1. The van der Waals surface area contributed by atoms with Crippen LogP contribution >= 0.6 is 11.3 Å². The van der Waals surface area contributed by atoms with E-state index in [2.05, 4.69) is 28.1 Å². The number of aliphatic hydroxyl groups is 1. The van der Waals surface area contributed by atoms with Crippen LogP contribution < -0.4 is 10.6 Å². The third-order valence-corrected chi connectivity index (χ3v) is 6.49. The van der Waals surface area contributed by atoms with Gasteiger partial charge >= 0.3 is 0 Å². The lowest BCUT2D eigenvalue weighted by atomic mass is 10.1. The first-order valence-corrected chi connectivity index (χ1v) is 11.1. The van der Waals surface area contributed by atoms with Crippen molar-refractivity contribution in [3.63, 3.8) is 0 Å². The van der Waals surface area contributed by atoms with E-state index < -0.39 is 0 Å². The minimum Gasteiger partial charge on any atom is -0.396 e. The molecule has 1 aliphatic rings. The average molecular weight is 434 g/mol. The first kappa shape index (κ1) is 19.9. The van der Waals surface area contributed by atoms with Gasteiger partial charge in [-0.05, 0) is 35.7 Å². The first-order chi connectivity index (χ1) is 15.2. The van der Waals surface area contributed by atoms with Crippen molar-refractivity contribution in [2.45, 2.75) is 6.42 Å². The van der Waals surface area contributed by atoms with Crippen LogP contribution in [0.1, 0.15) is 5.56 Å². The van der Waals surface area contributed by atoms with Crippen molar-refractivity contribution in [1.29, 1.82) is 0 Å². The molecule has 0 amide bonds. The van der Waals surface area contributed by atoms with Crippen LogP contribution in [0.2, 0.25) is 0 Å². The van der Waals surface area contributed by atoms with Gasteiger partial charge in [-0.15, -0.1) is 11.3 Å². The molecular weight excluding hydrogens is 410 g/mol. The van der Waals surface area contributed by atoms with Crippen molar-refractivity contribution < 1.29 is 9.84 Å². The number of benzene rings is 1. The molecule has 7 nitrogen and oxygen atoms in total. The molecule has 4 heterocycles. The summed E-state index contributed by atoms with van der Waals surface area (Å²) < 4.78 is 6.61. The summed E-state index contributed by atoms with van der Waals surface area (Å²) >= 11 is 1.70. The molecule has 4 aromatic rings. The number of thiophene rings is 1. The van der Waals surface area contributed by atoms with Gasteiger partial charge in [0, 0.05) is 36.3 Å². The lowest BCUT2D eigenvalue weighted by Crippen LogP contribution is -2.36. The standard InChI is InChI=1S/C23H23N5O2S/c24-20-5-4-17(14-25-20)22-26-18-13-19(16-3-1-2-15(12-16)6-9-29)31-21(18)23(27-22)28-7-10-30-11-8-28/h1-5,12-14,29H,6-11H2,(H2,24,25). The third-order valence-electron chi connectivity index (χ3n) is 5.32. The third kappa shape index (κ3) is 4.10. The molecule has 0 saturated carbocycles. The zero-order valence-corrected chi connectivity index (χ0v) is 17.8. The fourth-order valence-corrected chi connectivity index (χ4v) is 4.83. The summed E-state index contributed by atoms with van der Waals surface area (Å²) in [5.74, 6) is 2.04. The van der Waals surface area contributed by atoms with Crippen LogP contribution in [0.15, 0.2) is 48.7 Å². The van der Waals surface area contributed by atoms with Crippen LogP contribution in [0.25, 0.3) is 32.0 Å². The van der Waals surface area contributed by atoms with Gasteiger partial charge in [-0.3, -0.25) is 0 Å². The molecule has 0 bridgehead atoms. The fraction of sp³-hybridized carbons (Fsp3) is 0.261. The summed E-state index contributed by atoms with van der Waals surface area (Å²) in [4.78, 5) is 17.4. The Kier molecular flexibility index (Phi) is 5.50. The van der Waals surface area contributed by atoms with Gasteiger partial charge in [0.2, 0.25) is 0 Å². The molecule has 3 N–H and O–H groups in total. The number of anilines is 2. The Hall–Kier alpha value is -3.07. The maximum atomic E-state index is 9.29. The first-order valence-electron chi connectivity index (χ1n) is 10.3. The molecule has 1 fully saturated rings. The molecule has 1 saturated heterocycles. The molecule has 0 atom stereocenters. The molecule has 3 aromatic heterocycles. The second-order valence-corrected chi connectivity index (χ2v) is 8.49. The molecule has 0 aliphatic carbocycles. The number of nitrogen functional groups attached to an aromatic ring is 1. The molecule has 0 spiro atoms. The largest absolute Gasteiger partial charge is 0.396 e. The van der Waals surface area contributed by atoms with Gasteiger partial charge in [0.15, 0.2) is 11.6 Å². The predicted molar refractivity (Wildman–Crippen MR) is 124 cm³/mol. The van der Waals surface area contributed by atoms with Crippen molar-refractivity contribution in [3.8, 4) is 21.8 Å². The lowest BCUT2D eigenvalue weighted by molar-refractivity contribution is 0.122. The lowest BCUT2D eigenvalue weighted by Gasteiger charge is -2.28. The minimum atomic E-state index is 0.140. The van der Waals surface area contributed by atoms with E-state index in [0.717, 1.165) is 50.7 Å². The Labute approximate surface area is 184 Å². The van der Waals surface area contributed by atoms with Crippen LogP contribution in [0.4, 0.5) is 11.6 Å². The molecule has 8 heteroatoms. The summed E-state index contributed by atoms with van der Waals surface area (Å²) in [5.41, 5.74) is 9.74. The Bertz CT molecular complexity index is 1200. The van der Waals surface area contributed by atoms with Gasteiger partial charge in [-0.1, -0.05) is 24.3 Å². The van der Waals surface area contributed by atoms with Gasteiger partial charge in [0.1, 0.15) is 5.82 Å². The predicted octanol–water partition coefficient (Wildman–Crippen LogP) is 3.37. The van der Waals surface area contributed by atoms with E-state index >= 15 is 0 Å². The second-order valence-electron chi connectivity index (χ2n) is 7.44. The van der Waals surface area contributed by atoms with Crippen LogP contribution in [-0.2, 0) is 11.2 Å². The highest BCUT2D eigenvalue weighted by atomic mass is 32.1. The van der Waals surface area contributed by atoms with E-state index in [0.29, 0.717) is 31.3 Å². The summed E-state index contributed by atoms with van der Waals surface area (Å²) in [5, 5.41) is 9.29. The molecule has 0 radical (unpaired) electrons. The smallest absolute Gasteiger partial charge is 0.163 e. The monoisotopic (exact) mass is 433 g/mol. The van der Waals surface area contributed by atoms with E-state index in [-0.39, 0.29) is 6.61 Å². The van der Waals surface area contributed by atoms with E-state index in [1.807, 2.05) is 18.2 Å². The van der Waals surface area contributed by atoms with Crippen LogP contribution in [0.5, 0.6) is 0 Å². The molecule has 1 aromatic carbocycles. The summed E-state index contributed by atoms with van der Waals surface area (Å²) in [6.07, 6.45) is 2.36. The van der Waals surface area contributed by atoms with Crippen molar-refractivity contribution in [3.05, 3.63) is 54.2 Å². The van der Waals surface area contributed by atoms with Crippen molar-refractivity contribution >= 4 is 33.2 Å². The maximum absolute atomic E-state index is 9.29. The van der Waals surface area contributed by atoms with Gasteiger partial charge in [0.05, 0.1) is 23.4 Å². The number of morpholine rings is 1. The van der Waals surface area contributed by atoms with E-state index in [1.165, 1.54) is 0 Å². The molecule has 0 unspecified atom stereocenters. The Balaban J connectivity index is 1.64. The molecular formula is C23H23N5O2S. The summed E-state index contributed by atoms with van der Waals surface area (Å²) in [7, 11) is 0. The number of nitrogens with two attached hydrogens (primary N) is 1. The van der Waals surface area contributed by atoms with Crippen LogP contribution in [0.3, 0.4) is 0 Å². The number of rotatable bonds is 5.